The molecule has 0 amide bonds. The second-order valence-electron chi connectivity index (χ2n) is 2.31. The smallest absolute Gasteiger partial charge is 0.265 e. The van der Waals surface area contributed by atoms with Crippen molar-refractivity contribution in [1.82, 2.24) is 0 Å². The van der Waals surface area contributed by atoms with Crippen molar-refractivity contribution in [3.63, 3.8) is 0 Å². The number of rotatable bonds is 1. The molecule has 8 heteroatoms. The predicted octanol–water partition coefficient (Wildman–Crippen LogP) is 1.82. The van der Waals surface area contributed by atoms with Crippen molar-refractivity contribution in [2.24, 2.45) is 0 Å². The molecule has 0 bridgehead atoms. The molecule has 0 fully saturated rings. The normalized spacial score (nSPS) is 11.6. The van der Waals surface area contributed by atoms with Crippen molar-refractivity contribution in [3.8, 4) is 11.5 Å². The van der Waals surface area contributed by atoms with Crippen LogP contribution in [0.1, 0.15) is 0 Å². The van der Waals surface area contributed by atoms with Gasteiger partial charge in [-0.05, 0) is 0 Å². The second kappa shape index (κ2) is 3.45. The van der Waals surface area contributed by atoms with E-state index < -0.39 is 36.3 Å². The average molecular weight is 261 g/mol. The molecule has 14 heavy (non-hydrogen) atoms. The van der Waals surface area contributed by atoms with Gasteiger partial charge in [0.15, 0.2) is 17.3 Å². The molecule has 4 nitrogen and oxygen atoms in total. The van der Waals surface area contributed by atoms with Gasteiger partial charge in [0, 0.05) is 16.7 Å². The van der Waals surface area contributed by atoms with Crippen LogP contribution in [0.25, 0.3) is 0 Å². The van der Waals surface area contributed by atoms with Crippen molar-refractivity contribution in [2.75, 3.05) is 0 Å². The Kier molecular flexibility index (Phi) is 2.80. The molecular formula is C6H3Cl2FO4S. The standard InChI is InChI=1S/C6H3Cl2FO4S/c7-4-5(10)2(9)1-3(6(4)11)14(8,12)13/h1,10-11H. The van der Waals surface area contributed by atoms with E-state index in [-0.39, 0.29) is 0 Å². The van der Waals surface area contributed by atoms with Crippen LogP contribution in [0.2, 0.25) is 5.02 Å². The quantitative estimate of drug-likeness (QED) is 0.756. The van der Waals surface area contributed by atoms with Gasteiger partial charge in [0.05, 0.1) is 0 Å². The summed E-state index contributed by atoms with van der Waals surface area (Å²) in [5.41, 5.74) is 0. The van der Waals surface area contributed by atoms with Gasteiger partial charge in [0.1, 0.15) is 9.92 Å². The van der Waals surface area contributed by atoms with Gasteiger partial charge in [-0.2, -0.15) is 0 Å². The van der Waals surface area contributed by atoms with Crippen LogP contribution in [0.15, 0.2) is 11.0 Å². The molecule has 0 aromatic heterocycles. The van der Waals surface area contributed by atoms with Gasteiger partial charge in [-0.1, -0.05) is 11.6 Å². The molecule has 78 valence electrons. The highest BCUT2D eigenvalue weighted by Crippen LogP contribution is 2.40. The summed E-state index contributed by atoms with van der Waals surface area (Å²) in [5, 5.41) is 17.2. The summed E-state index contributed by atoms with van der Waals surface area (Å²) in [5.74, 6) is -3.30. The maximum absolute atomic E-state index is 12.8. The maximum Gasteiger partial charge on any atom is 0.265 e. The average Bonchev–Trinajstić information content (AvgIpc) is 2.06. The van der Waals surface area contributed by atoms with Gasteiger partial charge in [0.25, 0.3) is 9.05 Å². The summed E-state index contributed by atoms with van der Waals surface area (Å²) in [4.78, 5) is -0.889. The van der Waals surface area contributed by atoms with Gasteiger partial charge >= 0.3 is 0 Å². The molecule has 0 aliphatic heterocycles. The largest absolute Gasteiger partial charge is 0.505 e. The summed E-state index contributed by atoms with van der Waals surface area (Å²) in [6, 6.07) is 0.374. The third kappa shape index (κ3) is 1.87. The Morgan fingerprint density at radius 2 is 1.79 bits per heavy atom. The molecule has 1 aromatic rings. The second-order valence-corrected chi connectivity index (χ2v) is 5.22. The van der Waals surface area contributed by atoms with E-state index in [1.165, 1.54) is 0 Å². The molecule has 0 heterocycles. The van der Waals surface area contributed by atoms with E-state index in [0.717, 1.165) is 0 Å². The van der Waals surface area contributed by atoms with Crippen LogP contribution in [0, 0.1) is 5.82 Å². The highest BCUT2D eigenvalue weighted by atomic mass is 35.7. The molecule has 0 spiro atoms. The Bertz CT molecular complexity index is 485. The Balaban J connectivity index is 3.66. The number of halogens is 3. The maximum atomic E-state index is 12.8. The first-order valence-corrected chi connectivity index (χ1v) is 5.78. The molecule has 1 rings (SSSR count). The minimum Gasteiger partial charge on any atom is -0.505 e. The summed E-state index contributed by atoms with van der Waals surface area (Å²) < 4.78 is 34.3. The molecule has 0 saturated carbocycles. The zero-order chi connectivity index (χ0) is 11.1. The Hall–Kier alpha value is -0.720. The molecule has 0 unspecified atom stereocenters. The van der Waals surface area contributed by atoms with Gasteiger partial charge in [-0.15, -0.1) is 0 Å². The first-order valence-electron chi connectivity index (χ1n) is 3.09. The molecule has 0 aliphatic carbocycles. The zero-order valence-electron chi connectivity index (χ0n) is 6.33. The van der Waals surface area contributed by atoms with E-state index in [4.69, 9.17) is 32.5 Å². The van der Waals surface area contributed by atoms with Crippen LogP contribution in [-0.4, -0.2) is 18.6 Å². The third-order valence-corrected chi connectivity index (χ3v) is 3.09. The van der Waals surface area contributed by atoms with E-state index in [1.54, 1.807) is 0 Å². The van der Waals surface area contributed by atoms with Crippen molar-refractivity contribution in [3.05, 3.63) is 16.9 Å². The number of benzene rings is 1. The van der Waals surface area contributed by atoms with Gasteiger partial charge in [-0.3, -0.25) is 0 Å². The topological polar surface area (TPSA) is 74.6 Å². The molecule has 0 saturated heterocycles. The molecule has 0 radical (unpaired) electrons. The van der Waals surface area contributed by atoms with E-state index in [9.17, 15) is 12.8 Å². The van der Waals surface area contributed by atoms with Crippen molar-refractivity contribution in [1.29, 1.82) is 0 Å². The summed E-state index contributed by atoms with van der Waals surface area (Å²) in [7, 11) is 0.557. The first-order chi connectivity index (χ1) is 6.25. The lowest BCUT2D eigenvalue weighted by Crippen LogP contribution is -1.94. The number of hydrogen-bond donors (Lipinski definition) is 2. The molecular weight excluding hydrogens is 258 g/mol. The van der Waals surface area contributed by atoms with Crippen LogP contribution in [0.5, 0.6) is 11.5 Å². The van der Waals surface area contributed by atoms with Gasteiger partial charge in [0.2, 0.25) is 0 Å². The summed E-state index contributed by atoms with van der Waals surface area (Å²) in [6.45, 7) is 0. The Labute approximate surface area is 87.9 Å². The third-order valence-electron chi connectivity index (χ3n) is 1.40. The van der Waals surface area contributed by atoms with Crippen molar-refractivity contribution < 1.29 is 23.0 Å². The molecule has 1 aromatic carbocycles. The highest BCUT2D eigenvalue weighted by Gasteiger charge is 2.23. The van der Waals surface area contributed by atoms with E-state index >= 15 is 0 Å². The fourth-order valence-corrected chi connectivity index (χ4v) is 1.94. The number of phenols is 2. The predicted molar refractivity (Wildman–Crippen MR) is 47.8 cm³/mol. The minimum absolute atomic E-state index is 0.374. The Morgan fingerprint density at radius 1 is 1.29 bits per heavy atom. The number of hydrogen-bond acceptors (Lipinski definition) is 4. The molecule has 0 atom stereocenters. The summed E-state index contributed by atoms with van der Waals surface area (Å²) >= 11 is 5.23. The lowest BCUT2D eigenvalue weighted by molar-refractivity contribution is 0.412. The van der Waals surface area contributed by atoms with Crippen LogP contribution in [0.4, 0.5) is 4.39 Å². The first kappa shape index (κ1) is 11.4. The fourth-order valence-electron chi connectivity index (χ4n) is 0.763. The zero-order valence-corrected chi connectivity index (χ0v) is 8.66. The number of aromatic hydroxyl groups is 2. The lowest BCUT2D eigenvalue weighted by atomic mass is 10.3. The van der Waals surface area contributed by atoms with Crippen molar-refractivity contribution in [2.45, 2.75) is 4.90 Å². The van der Waals surface area contributed by atoms with Gasteiger partial charge in [-0.25, -0.2) is 12.8 Å². The minimum atomic E-state index is -4.31. The van der Waals surface area contributed by atoms with Crippen LogP contribution < -0.4 is 0 Å². The van der Waals surface area contributed by atoms with Gasteiger partial charge < -0.3 is 10.2 Å². The van der Waals surface area contributed by atoms with Crippen LogP contribution in [-0.2, 0) is 9.05 Å². The summed E-state index contributed by atoms with van der Waals surface area (Å²) in [6.07, 6.45) is 0. The molecule has 0 aliphatic rings. The highest BCUT2D eigenvalue weighted by molar-refractivity contribution is 8.13. The fraction of sp³-hybridized carbons (Fsp3) is 0. The van der Waals surface area contributed by atoms with Crippen molar-refractivity contribution >= 4 is 31.3 Å². The monoisotopic (exact) mass is 260 g/mol. The van der Waals surface area contributed by atoms with E-state index in [2.05, 4.69) is 0 Å². The SMILES string of the molecule is O=S(=O)(Cl)c1cc(F)c(O)c(Cl)c1O. The van der Waals surface area contributed by atoms with Crippen LogP contribution >= 0.6 is 22.3 Å². The van der Waals surface area contributed by atoms with E-state index in [0.29, 0.717) is 6.07 Å². The lowest BCUT2D eigenvalue weighted by Gasteiger charge is -2.05. The Morgan fingerprint density at radius 3 is 2.21 bits per heavy atom. The number of phenolic OH excluding ortho intramolecular Hbond substituents is 2. The van der Waals surface area contributed by atoms with E-state index in [1.807, 2.05) is 0 Å². The molecule has 2 N–H and O–H groups in total. The van der Waals surface area contributed by atoms with Crippen LogP contribution in [0.3, 0.4) is 0 Å².